The summed E-state index contributed by atoms with van der Waals surface area (Å²) in [5.74, 6) is 0. The third kappa shape index (κ3) is 4.20. The minimum absolute atomic E-state index is 1.19. The third-order valence-corrected chi connectivity index (χ3v) is 16.5. The van der Waals surface area contributed by atoms with Gasteiger partial charge < -0.3 is 9.13 Å². The maximum Gasteiger partial charge on any atom is 0.184 e. The Hall–Kier alpha value is -6.42. The SMILES string of the molecule is Cc1ccc2c(c1)c1cc(C)ccc1n2-c1ccc2c(c1)c1cccc3c1n2-c1ccccc1[Si]3(c1ccccc1)c1ccc(-c2ccccc2)cc1. The molecule has 0 radical (unpaired) electrons. The fourth-order valence-corrected chi connectivity index (χ4v) is 14.5. The molecule has 1 unspecified atom stereocenters. The van der Waals surface area contributed by atoms with Crippen molar-refractivity contribution < 1.29 is 0 Å². The molecule has 11 rings (SSSR count). The number of benzene rings is 8. The number of para-hydroxylation sites is 2. The predicted molar refractivity (Wildman–Crippen MR) is 227 cm³/mol. The molecule has 10 aromatic rings. The van der Waals surface area contributed by atoms with Gasteiger partial charge in [0.2, 0.25) is 0 Å². The van der Waals surface area contributed by atoms with E-state index < -0.39 is 8.07 Å². The van der Waals surface area contributed by atoms with Gasteiger partial charge in [0.25, 0.3) is 0 Å². The second-order valence-corrected chi connectivity index (χ2v) is 18.4. The maximum atomic E-state index is 2.56. The van der Waals surface area contributed by atoms with Crippen molar-refractivity contribution in [2.24, 2.45) is 0 Å². The average molecular weight is 693 g/mol. The van der Waals surface area contributed by atoms with Crippen molar-refractivity contribution in [3.05, 3.63) is 193 Å². The minimum Gasteiger partial charge on any atom is -0.309 e. The number of nitrogens with zero attached hydrogens (tertiary/aromatic N) is 2. The van der Waals surface area contributed by atoms with E-state index in [0.717, 1.165) is 0 Å². The molecular weight excluding hydrogens is 657 g/mol. The van der Waals surface area contributed by atoms with Crippen molar-refractivity contribution >= 4 is 72.4 Å². The minimum atomic E-state index is -2.77. The number of rotatable bonds is 4. The summed E-state index contributed by atoms with van der Waals surface area (Å²) in [6.45, 7) is 4.37. The molecule has 3 heterocycles. The molecule has 2 nitrogen and oxygen atoms in total. The summed E-state index contributed by atoms with van der Waals surface area (Å²) in [5, 5.41) is 10.9. The molecule has 1 aliphatic heterocycles. The normalized spacial score (nSPS) is 15.1. The highest BCUT2D eigenvalue weighted by atomic mass is 28.3. The largest absolute Gasteiger partial charge is 0.309 e. The molecule has 3 heteroatoms. The van der Waals surface area contributed by atoms with Crippen molar-refractivity contribution in [3.8, 4) is 22.5 Å². The van der Waals surface area contributed by atoms with Crippen LogP contribution in [0.1, 0.15) is 11.1 Å². The zero-order chi connectivity index (χ0) is 35.3. The number of hydrogen-bond acceptors (Lipinski definition) is 0. The second kappa shape index (κ2) is 11.3. The molecule has 1 atom stereocenters. The average Bonchev–Trinajstić information content (AvgIpc) is 3.71. The summed E-state index contributed by atoms with van der Waals surface area (Å²) in [4.78, 5) is 0. The van der Waals surface area contributed by atoms with Crippen LogP contribution in [0.4, 0.5) is 0 Å². The van der Waals surface area contributed by atoms with Crippen LogP contribution in [0.5, 0.6) is 0 Å². The van der Waals surface area contributed by atoms with E-state index >= 15 is 0 Å². The number of aromatic nitrogens is 2. The Labute approximate surface area is 309 Å². The highest BCUT2D eigenvalue weighted by molar-refractivity contribution is 7.21. The number of fused-ring (bicyclic) bond motifs is 8. The molecule has 0 fully saturated rings. The summed E-state index contributed by atoms with van der Waals surface area (Å²) in [6, 6.07) is 68.7. The van der Waals surface area contributed by atoms with Gasteiger partial charge in [-0.2, -0.15) is 0 Å². The van der Waals surface area contributed by atoms with E-state index in [2.05, 4.69) is 205 Å². The van der Waals surface area contributed by atoms with Gasteiger partial charge >= 0.3 is 0 Å². The van der Waals surface area contributed by atoms with Crippen molar-refractivity contribution in [1.29, 1.82) is 0 Å². The fourth-order valence-electron chi connectivity index (χ4n) is 9.43. The quantitative estimate of drug-likeness (QED) is 0.163. The smallest absolute Gasteiger partial charge is 0.184 e. The van der Waals surface area contributed by atoms with Crippen molar-refractivity contribution in [2.45, 2.75) is 13.8 Å². The first-order valence-electron chi connectivity index (χ1n) is 18.5. The van der Waals surface area contributed by atoms with Crippen LogP contribution in [-0.2, 0) is 0 Å². The Bertz CT molecular complexity index is 3000. The lowest BCUT2D eigenvalue weighted by Crippen LogP contribution is -2.76. The van der Waals surface area contributed by atoms with Gasteiger partial charge in [0.15, 0.2) is 8.07 Å². The molecule has 0 aliphatic carbocycles. The molecule has 0 saturated heterocycles. The van der Waals surface area contributed by atoms with E-state index in [1.165, 1.54) is 98.0 Å². The third-order valence-electron chi connectivity index (χ3n) is 11.7. The van der Waals surface area contributed by atoms with Gasteiger partial charge in [-0.3, -0.25) is 0 Å². The van der Waals surface area contributed by atoms with Gasteiger partial charge in [-0.05, 0) is 94.3 Å². The van der Waals surface area contributed by atoms with E-state index in [1.807, 2.05) is 0 Å². The Morgan fingerprint density at radius 3 is 1.64 bits per heavy atom. The Balaban J connectivity index is 1.22. The van der Waals surface area contributed by atoms with Gasteiger partial charge in [-0.15, -0.1) is 0 Å². The summed E-state index contributed by atoms with van der Waals surface area (Å²) in [6.07, 6.45) is 0. The monoisotopic (exact) mass is 692 g/mol. The Morgan fingerprint density at radius 1 is 0.377 bits per heavy atom. The topological polar surface area (TPSA) is 9.86 Å². The van der Waals surface area contributed by atoms with E-state index in [0.29, 0.717) is 0 Å². The van der Waals surface area contributed by atoms with Gasteiger partial charge in [0.05, 0.1) is 22.1 Å². The van der Waals surface area contributed by atoms with E-state index in [1.54, 1.807) is 0 Å². The summed E-state index contributed by atoms with van der Waals surface area (Å²) in [7, 11) is -2.77. The van der Waals surface area contributed by atoms with Crippen LogP contribution in [0.25, 0.3) is 66.1 Å². The van der Waals surface area contributed by atoms with Gasteiger partial charge in [0, 0.05) is 32.9 Å². The Kier molecular flexibility index (Phi) is 6.44. The number of aryl methyl sites for hydroxylation is 2. The van der Waals surface area contributed by atoms with Crippen LogP contribution in [0.3, 0.4) is 0 Å². The molecule has 0 saturated carbocycles. The van der Waals surface area contributed by atoms with Crippen LogP contribution in [0.2, 0.25) is 0 Å². The Morgan fingerprint density at radius 2 is 0.925 bits per heavy atom. The molecule has 250 valence electrons. The van der Waals surface area contributed by atoms with Crippen LogP contribution < -0.4 is 20.7 Å². The molecule has 53 heavy (non-hydrogen) atoms. The van der Waals surface area contributed by atoms with Crippen molar-refractivity contribution in [2.75, 3.05) is 0 Å². The highest BCUT2D eigenvalue weighted by Gasteiger charge is 2.47. The molecule has 0 amide bonds. The lowest BCUT2D eigenvalue weighted by Gasteiger charge is -2.39. The van der Waals surface area contributed by atoms with Crippen LogP contribution in [0.15, 0.2) is 182 Å². The molecule has 1 aliphatic rings. The standard InChI is InChI=1S/C50H36N2Si/c1-33-20-27-44-41(30-33)42-31-34(2)21-28-45(42)51(44)37-24-29-46-43(32-37)40-16-11-19-49-50(40)52(46)47-17-9-10-18-48(47)53(49,38-14-7-4-8-15-38)39-25-22-36(23-26-39)35-12-5-3-6-13-35/h3-32H,1-2H3. The van der Waals surface area contributed by atoms with Crippen LogP contribution in [0, 0.1) is 13.8 Å². The first kappa shape index (κ1) is 30.2. The van der Waals surface area contributed by atoms with E-state index in [4.69, 9.17) is 0 Å². The maximum absolute atomic E-state index is 2.77. The van der Waals surface area contributed by atoms with Crippen LogP contribution in [-0.4, -0.2) is 17.2 Å². The first-order valence-corrected chi connectivity index (χ1v) is 20.5. The first-order chi connectivity index (χ1) is 26.1. The summed E-state index contributed by atoms with van der Waals surface area (Å²) < 4.78 is 5.02. The van der Waals surface area contributed by atoms with E-state index in [9.17, 15) is 0 Å². The van der Waals surface area contributed by atoms with Crippen molar-refractivity contribution in [3.63, 3.8) is 0 Å². The predicted octanol–water partition coefficient (Wildman–Crippen LogP) is 9.86. The number of hydrogen-bond donors (Lipinski definition) is 0. The van der Waals surface area contributed by atoms with Gasteiger partial charge in [-0.1, -0.05) is 145 Å². The zero-order valence-corrected chi connectivity index (χ0v) is 30.7. The van der Waals surface area contributed by atoms with Gasteiger partial charge in [-0.25, -0.2) is 0 Å². The lowest BCUT2D eigenvalue weighted by molar-refractivity contribution is 1.17. The van der Waals surface area contributed by atoms with Crippen LogP contribution >= 0.6 is 0 Å². The molecule has 8 aromatic carbocycles. The fraction of sp³-hybridized carbons (Fsp3) is 0.0400. The zero-order valence-electron chi connectivity index (χ0n) is 29.7. The van der Waals surface area contributed by atoms with Gasteiger partial charge in [0.1, 0.15) is 0 Å². The second-order valence-electron chi connectivity index (χ2n) is 14.7. The molecule has 0 spiro atoms. The van der Waals surface area contributed by atoms with E-state index in [-0.39, 0.29) is 0 Å². The molecule has 2 aromatic heterocycles. The molecule has 0 bridgehead atoms. The summed E-state index contributed by atoms with van der Waals surface area (Å²) in [5.41, 5.74) is 12.6. The molecule has 0 N–H and O–H groups in total. The van der Waals surface area contributed by atoms with Crippen molar-refractivity contribution in [1.82, 2.24) is 9.13 Å². The lowest BCUT2D eigenvalue weighted by atomic mass is 10.1. The highest BCUT2D eigenvalue weighted by Crippen LogP contribution is 2.39. The molecular formula is C50H36N2Si. The summed E-state index contributed by atoms with van der Waals surface area (Å²) >= 11 is 0.